The maximum Gasteiger partial charge on any atom is 0.123 e. The van der Waals surface area contributed by atoms with Crippen molar-refractivity contribution in [3.63, 3.8) is 0 Å². The normalized spacial score (nSPS) is 13.0. The minimum Gasteiger partial charge on any atom is -0.207 e. The zero-order valence-electron chi connectivity index (χ0n) is 10.8. The zero-order chi connectivity index (χ0) is 12.7. The molecule has 0 radical (unpaired) electrons. The van der Waals surface area contributed by atoms with Crippen LogP contribution in [0.4, 0.5) is 4.39 Å². The fraction of sp³-hybridized carbons (Fsp3) is 0.600. The fourth-order valence-electron chi connectivity index (χ4n) is 2.29. The Balaban J connectivity index is 2.57. The third-order valence-corrected chi connectivity index (χ3v) is 3.89. The second-order valence-electron chi connectivity index (χ2n) is 4.77. The molecular weight excluding hydrogens is 235 g/mol. The van der Waals surface area contributed by atoms with Crippen molar-refractivity contribution < 1.29 is 4.39 Å². The van der Waals surface area contributed by atoms with E-state index in [2.05, 4.69) is 13.8 Å². The van der Waals surface area contributed by atoms with Crippen molar-refractivity contribution >= 4 is 11.6 Å². The molecule has 0 bridgehead atoms. The summed E-state index contributed by atoms with van der Waals surface area (Å²) < 4.78 is 13.1. The minimum atomic E-state index is -0.154. The smallest absolute Gasteiger partial charge is 0.123 e. The second kappa shape index (κ2) is 7.71. The lowest BCUT2D eigenvalue weighted by atomic mass is 9.88. The summed E-state index contributed by atoms with van der Waals surface area (Å²) in [7, 11) is 0. The Bertz CT molecular complexity index is 320. The summed E-state index contributed by atoms with van der Waals surface area (Å²) in [6.07, 6.45) is 4.44. The van der Waals surface area contributed by atoms with Gasteiger partial charge in [0.25, 0.3) is 0 Å². The molecule has 1 aromatic carbocycles. The quantitative estimate of drug-likeness (QED) is 0.599. The summed E-state index contributed by atoms with van der Waals surface area (Å²) in [5.41, 5.74) is 1.06. The molecule has 0 nitrogen and oxygen atoms in total. The molecule has 1 rings (SSSR count). The molecule has 1 unspecified atom stereocenters. The van der Waals surface area contributed by atoms with Crippen LogP contribution in [0.3, 0.4) is 0 Å². The molecule has 2 heteroatoms. The first-order valence-electron chi connectivity index (χ1n) is 6.49. The zero-order valence-corrected chi connectivity index (χ0v) is 11.5. The fourth-order valence-corrected chi connectivity index (χ4v) is 2.53. The van der Waals surface area contributed by atoms with Crippen LogP contribution in [-0.4, -0.2) is 5.88 Å². The molecule has 0 spiro atoms. The molecule has 0 heterocycles. The molecule has 0 fully saturated rings. The highest BCUT2D eigenvalue weighted by atomic mass is 35.5. The maximum atomic E-state index is 13.1. The molecule has 0 saturated heterocycles. The summed E-state index contributed by atoms with van der Waals surface area (Å²) in [5, 5.41) is 0. The summed E-state index contributed by atoms with van der Waals surface area (Å²) in [6.45, 7) is 4.45. The van der Waals surface area contributed by atoms with Crippen LogP contribution in [0.5, 0.6) is 0 Å². The van der Waals surface area contributed by atoms with E-state index in [-0.39, 0.29) is 5.82 Å². The van der Waals surface area contributed by atoms with Gasteiger partial charge in [0.15, 0.2) is 0 Å². The number of rotatable bonds is 7. The van der Waals surface area contributed by atoms with E-state index in [1.807, 2.05) is 6.07 Å². The topological polar surface area (TPSA) is 0 Å². The van der Waals surface area contributed by atoms with Crippen molar-refractivity contribution in [2.24, 2.45) is 11.8 Å². The Labute approximate surface area is 109 Å². The van der Waals surface area contributed by atoms with Crippen molar-refractivity contribution in [1.29, 1.82) is 0 Å². The van der Waals surface area contributed by atoms with Crippen LogP contribution in [0.2, 0.25) is 0 Å². The van der Waals surface area contributed by atoms with Crippen molar-refractivity contribution in [3.8, 4) is 0 Å². The lowest BCUT2D eigenvalue weighted by Crippen LogP contribution is -2.12. The highest BCUT2D eigenvalue weighted by molar-refractivity contribution is 6.18. The molecule has 0 amide bonds. The molecule has 0 saturated carbocycles. The van der Waals surface area contributed by atoms with E-state index in [0.717, 1.165) is 24.3 Å². The van der Waals surface area contributed by atoms with Crippen LogP contribution in [0.25, 0.3) is 0 Å². The van der Waals surface area contributed by atoms with Crippen LogP contribution >= 0.6 is 11.6 Å². The summed E-state index contributed by atoms with van der Waals surface area (Å²) in [5.74, 6) is 1.71. The van der Waals surface area contributed by atoms with Crippen LogP contribution in [-0.2, 0) is 6.42 Å². The van der Waals surface area contributed by atoms with E-state index in [1.54, 1.807) is 12.1 Å². The van der Waals surface area contributed by atoms with E-state index in [9.17, 15) is 4.39 Å². The third kappa shape index (κ3) is 5.08. The number of alkyl halides is 1. The lowest BCUT2D eigenvalue weighted by Gasteiger charge is -2.20. The molecule has 0 aliphatic carbocycles. The maximum absolute atomic E-state index is 13.1. The SMILES string of the molecule is CCC(CC)CC(CCl)Cc1cccc(F)c1. The average Bonchev–Trinajstić information content (AvgIpc) is 2.34. The molecule has 1 atom stereocenters. The summed E-state index contributed by atoms with van der Waals surface area (Å²) in [4.78, 5) is 0. The van der Waals surface area contributed by atoms with Crippen molar-refractivity contribution in [3.05, 3.63) is 35.6 Å². The van der Waals surface area contributed by atoms with Gasteiger partial charge in [-0.1, -0.05) is 38.8 Å². The van der Waals surface area contributed by atoms with Crippen LogP contribution < -0.4 is 0 Å². The highest BCUT2D eigenvalue weighted by Crippen LogP contribution is 2.23. The predicted octanol–water partition coefficient (Wildman–Crippen LogP) is 5.05. The van der Waals surface area contributed by atoms with E-state index in [0.29, 0.717) is 11.8 Å². The minimum absolute atomic E-state index is 0.154. The first kappa shape index (κ1) is 14.5. The van der Waals surface area contributed by atoms with Crippen molar-refractivity contribution in [2.45, 2.75) is 39.5 Å². The Morgan fingerprint density at radius 1 is 1.18 bits per heavy atom. The summed E-state index contributed by atoms with van der Waals surface area (Å²) in [6, 6.07) is 6.86. The predicted molar refractivity (Wildman–Crippen MR) is 73.0 cm³/mol. The van der Waals surface area contributed by atoms with Crippen molar-refractivity contribution in [2.75, 3.05) is 5.88 Å². The summed E-state index contributed by atoms with van der Waals surface area (Å²) >= 11 is 6.02. The van der Waals surface area contributed by atoms with Gasteiger partial charge >= 0.3 is 0 Å². The van der Waals surface area contributed by atoms with Gasteiger partial charge in [-0.2, -0.15) is 0 Å². The van der Waals surface area contributed by atoms with E-state index < -0.39 is 0 Å². The Morgan fingerprint density at radius 2 is 1.88 bits per heavy atom. The monoisotopic (exact) mass is 256 g/mol. The van der Waals surface area contributed by atoms with Gasteiger partial charge in [0.05, 0.1) is 0 Å². The van der Waals surface area contributed by atoms with Gasteiger partial charge < -0.3 is 0 Å². The molecule has 0 aliphatic heterocycles. The highest BCUT2D eigenvalue weighted by Gasteiger charge is 2.14. The lowest BCUT2D eigenvalue weighted by molar-refractivity contribution is 0.372. The van der Waals surface area contributed by atoms with Gasteiger partial charge in [-0.3, -0.25) is 0 Å². The molecule has 1 aromatic rings. The molecular formula is C15H22ClF. The molecule has 0 aliphatic rings. The van der Waals surface area contributed by atoms with Crippen LogP contribution in [0, 0.1) is 17.7 Å². The molecule has 0 N–H and O–H groups in total. The van der Waals surface area contributed by atoms with Gasteiger partial charge in [0, 0.05) is 5.88 Å². The van der Waals surface area contributed by atoms with Gasteiger partial charge in [-0.25, -0.2) is 4.39 Å². The number of benzene rings is 1. The number of hydrogen-bond donors (Lipinski definition) is 0. The first-order valence-corrected chi connectivity index (χ1v) is 7.03. The number of hydrogen-bond acceptors (Lipinski definition) is 0. The molecule has 0 aromatic heterocycles. The third-order valence-electron chi connectivity index (χ3n) is 3.45. The van der Waals surface area contributed by atoms with Gasteiger partial charge in [0.2, 0.25) is 0 Å². The first-order chi connectivity index (χ1) is 8.19. The molecule has 17 heavy (non-hydrogen) atoms. The standard InChI is InChI=1S/C15H22ClF/c1-3-12(4-2)8-14(11-16)9-13-6-5-7-15(17)10-13/h5-7,10,12,14H,3-4,8-9,11H2,1-2H3. The van der Waals surface area contributed by atoms with E-state index >= 15 is 0 Å². The Hall–Kier alpha value is -0.560. The van der Waals surface area contributed by atoms with E-state index in [1.165, 1.54) is 18.9 Å². The molecule has 96 valence electrons. The van der Waals surface area contributed by atoms with Gasteiger partial charge in [-0.15, -0.1) is 11.6 Å². The van der Waals surface area contributed by atoms with Gasteiger partial charge in [-0.05, 0) is 42.4 Å². The van der Waals surface area contributed by atoms with Gasteiger partial charge in [0.1, 0.15) is 5.82 Å². The number of halogens is 2. The average molecular weight is 257 g/mol. The Morgan fingerprint density at radius 3 is 2.41 bits per heavy atom. The second-order valence-corrected chi connectivity index (χ2v) is 5.08. The Kier molecular flexibility index (Phi) is 6.57. The van der Waals surface area contributed by atoms with Crippen LogP contribution in [0.15, 0.2) is 24.3 Å². The van der Waals surface area contributed by atoms with Crippen LogP contribution in [0.1, 0.15) is 38.7 Å². The largest absolute Gasteiger partial charge is 0.207 e. The van der Waals surface area contributed by atoms with Crippen molar-refractivity contribution in [1.82, 2.24) is 0 Å². The van der Waals surface area contributed by atoms with E-state index in [4.69, 9.17) is 11.6 Å².